The Labute approximate surface area is 367 Å². The quantitative estimate of drug-likeness (QED) is 0.104. The van der Waals surface area contributed by atoms with Gasteiger partial charge in [-0.15, -0.1) is 6.58 Å². The van der Waals surface area contributed by atoms with Crippen LogP contribution in [0.2, 0.25) is 10.0 Å². The van der Waals surface area contributed by atoms with Crippen LogP contribution >= 0.6 is 23.2 Å². The summed E-state index contributed by atoms with van der Waals surface area (Å²) in [5.74, 6) is -0.268. The van der Waals surface area contributed by atoms with Crippen molar-refractivity contribution in [3.8, 4) is 0 Å². The van der Waals surface area contributed by atoms with E-state index < -0.39 is 22.9 Å². The fourth-order valence-corrected chi connectivity index (χ4v) is 7.32. The molecule has 4 aromatic carbocycles. The molecule has 3 N–H and O–H groups in total. The number of aliphatic hydroxyl groups excluding tert-OH is 1. The molecule has 0 bridgehead atoms. The summed E-state index contributed by atoms with van der Waals surface area (Å²) < 4.78 is 39.7. The number of alkyl halides is 3. The van der Waals surface area contributed by atoms with Gasteiger partial charge >= 0.3 is 6.18 Å². The Morgan fingerprint density at radius 2 is 1.18 bits per heavy atom. The summed E-state index contributed by atoms with van der Waals surface area (Å²) >= 11 is 11.9. The molecule has 0 saturated carbocycles. The summed E-state index contributed by atoms with van der Waals surface area (Å²) in [7, 11) is 7.81. The molecule has 328 valence electrons. The van der Waals surface area contributed by atoms with Gasteiger partial charge in [0.1, 0.15) is 5.60 Å². The Bertz CT molecular complexity index is 1980. The highest BCUT2D eigenvalue weighted by Gasteiger charge is 2.40. The maximum Gasteiger partial charge on any atom is 0.416 e. The minimum Gasteiger partial charge on any atom is -0.389 e. The minimum absolute atomic E-state index is 0.0848. The fraction of sp³-hybridized carbons (Fsp3) is 0.400. The van der Waals surface area contributed by atoms with Gasteiger partial charge in [0.15, 0.2) is 0 Å². The first kappa shape index (κ1) is 52.4. The lowest BCUT2D eigenvalue weighted by atomic mass is 9.76. The molecule has 5 unspecified atom stereocenters. The highest BCUT2D eigenvalue weighted by Crippen LogP contribution is 2.41. The summed E-state index contributed by atoms with van der Waals surface area (Å²) in [5.41, 5.74) is 2.71. The number of aryl methyl sites for hydroxylation is 1. The van der Waals surface area contributed by atoms with Gasteiger partial charge in [0.25, 0.3) is 0 Å². The molecule has 10 heteroatoms. The number of hydrogen-bond donors (Lipinski definition) is 3. The number of halogens is 5. The van der Waals surface area contributed by atoms with Gasteiger partial charge in [-0.25, -0.2) is 0 Å². The van der Waals surface area contributed by atoms with E-state index in [0.29, 0.717) is 23.6 Å². The number of rotatable bonds is 15. The molecule has 0 spiro atoms. The summed E-state index contributed by atoms with van der Waals surface area (Å²) in [5, 5.41) is 33.3. The van der Waals surface area contributed by atoms with E-state index in [1.165, 1.54) is 17.7 Å². The third-order valence-corrected chi connectivity index (χ3v) is 11.0. The first-order valence-corrected chi connectivity index (χ1v) is 20.9. The van der Waals surface area contributed by atoms with Gasteiger partial charge in [0.05, 0.1) is 17.3 Å². The van der Waals surface area contributed by atoms with Gasteiger partial charge in [0, 0.05) is 41.4 Å². The van der Waals surface area contributed by atoms with Crippen molar-refractivity contribution in [2.45, 2.75) is 77.9 Å². The number of nitrogens with zero attached hydrogens (tertiary/aromatic N) is 2. The van der Waals surface area contributed by atoms with E-state index in [4.69, 9.17) is 28.3 Å². The van der Waals surface area contributed by atoms with Crippen LogP contribution in [0.3, 0.4) is 0 Å². The van der Waals surface area contributed by atoms with E-state index in [1.807, 2.05) is 78.1 Å². The second kappa shape index (κ2) is 24.1. The highest BCUT2D eigenvalue weighted by molar-refractivity contribution is 6.30. The normalized spacial score (nSPS) is 15.7. The fourth-order valence-electron chi connectivity index (χ4n) is 7.07. The van der Waals surface area contributed by atoms with Crippen LogP contribution in [-0.4, -0.2) is 78.1 Å². The third-order valence-electron chi connectivity index (χ3n) is 10.5. The van der Waals surface area contributed by atoms with Crippen LogP contribution < -0.4 is 0 Å². The van der Waals surface area contributed by atoms with E-state index in [2.05, 4.69) is 55.7 Å². The molecule has 0 saturated heterocycles. The zero-order valence-corrected chi connectivity index (χ0v) is 38.4. The number of aliphatic hydroxyl groups is 3. The van der Waals surface area contributed by atoms with Crippen molar-refractivity contribution in [2.75, 3.05) is 41.3 Å². The van der Waals surface area contributed by atoms with Crippen molar-refractivity contribution < 1.29 is 28.5 Å². The number of benzene rings is 4. The van der Waals surface area contributed by atoms with Gasteiger partial charge in [-0.05, 0) is 125 Å². The highest BCUT2D eigenvalue weighted by atomic mass is 35.5. The SMILES string of the molecule is C=CC(O)CC.CC(=Cc1ccc(Cl)cc1)C(O)(Cc1cccc(C)c1)C(C)CN(C)C.CC(=Cc1ccc(Cl)cc1)C(O)(c1cccc(C(F)(F)F)c1)C(C)CN(C)C. The molecule has 4 aromatic rings. The summed E-state index contributed by atoms with van der Waals surface area (Å²) in [6.45, 7) is 16.4. The van der Waals surface area contributed by atoms with Crippen LogP contribution in [0, 0.1) is 18.8 Å². The predicted molar refractivity (Wildman–Crippen MR) is 247 cm³/mol. The van der Waals surface area contributed by atoms with Crippen molar-refractivity contribution in [1.82, 2.24) is 9.80 Å². The van der Waals surface area contributed by atoms with Crippen LogP contribution in [0.25, 0.3) is 12.2 Å². The third kappa shape index (κ3) is 16.3. The molecule has 4 rings (SSSR count). The molecule has 0 amide bonds. The molecule has 0 aliphatic carbocycles. The van der Waals surface area contributed by atoms with Crippen LogP contribution in [0.15, 0.2) is 121 Å². The largest absolute Gasteiger partial charge is 0.416 e. The van der Waals surface area contributed by atoms with Crippen molar-refractivity contribution in [3.63, 3.8) is 0 Å². The Morgan fingerprint density at radius 1 is 0.717 bits per heavy atom. The van der Waals surface area contributed by atoms with Crippen LogP contribution in [0.4, 0.5) is 13.2 Å². The first-order valence-electron chi connectivity index (χ1n) is 20.1. The van der Waals surface area contributed by atoms with E-state index in [9.17, 15) is 23.4 Å². The van der Waals surface area contributed by atoms with Gasteiger partial charge in [-0.1, -0.05) is 128 Å². The Balaban J connectivity index is 0.000000365. The van der Waals surface area contributed by atoms with E-state index >= 15 is 0 Å². The predicted octanol–water partition coefficient (Wildman–Crippen LogP) is 12.0. The average molecular weight is 870 g/mol. The van der Waals surface area contributed by atoms with E-state index in [0.717, 1.165) is 52.4 Å². The monoisotopic (exact) mass is 868 g/mol. The molecular weight excluding hydrogens is 804 g/mol. The molecule has 60 heavy (non-hydrogen) atoms. The standard InChI is InChI=1S/C23H30ClNO.C22H25ClF3NO.C5H10O/c1-17-7-6-8-21(13-17)15-23(26,19(3)16-25(4)5)18(2)14-20-9-11-22(24)12-10-20;1-15(12-17-8-10-20(23)11-9-17)21(28,16(2)14-27(3)4)18-6-5-7-19(13-18)22(24,25)26;1-3-5(6)4-2/h6-14,19,26H,15-16H2,1-5H3;5-13,16,28H,14H2,1-4H3;3,5-6H,1,4H2,2H3. The zero-order chi connectivity index (χ0) is 45.4. The number of hydrogen-bond acceptors (Lipinski definition) is 5. The van der Waals surface area contributed by atoms with Gasteiger partial charge < -0.3 is 25.1 Å². The molecule has 0 heterocycles. The van der Waals surface area contributed by atoms with Gasteiger partial charge in [-0.2, -0.15) is 13.2 Å². The van der Waals surface area contributed by atoms with Crippen LogP contribution in [0.5, 0.6) is 0 Å². The van der Waals surface area contributed by atoms with Crippen molar-refractivity contribution in [1.29, 1.82) is 0 Å². The molecule has 0 radical (unpaired) electrons. The van der Waals surface area contributed by atoms with Crippen molar-refractivity contribution in [2.24, 2.45) is 11.8 Å². The maximum absolute atomic E-state index is 13.2. The lowest BCUT2D eigenvalue weighted by Crippen LogP contribution is -2.44. The molecular formula is C50H65Cl2F3N2O3. The lowest BCUT2D eigenvalue weighted by Gasteiger charge is -2.37. The lowest BCUT2D eigenvalue weighted by molar-refractivity contribution is -0.137. The summed E-state index contributed by atoms with van der Waals surface area (Å²) in [4.78, 5) is 4.03. The minimum atomic E-state index is -4.48. The van der Waals surface area contributed by atoms with Gasteiger partial charge in [0.2, 0.25) is 0 Å². The Hall–Kier alpha value is -3.73. The molecule has 0 fully saturated rings. The Kier molecular flexibility index (Phi) is 21.0. The first-order chi connectivity index (χ1) is 28.0. The molecule has 0 aliphatic rings. The molecule has 0 aromatic heterocycles. The second-order valence-corrected chi connectivity index (χ2v) is 17.1. The summed E-state index contributed by atoms with van der Waals surface area (Å²) in [6.07, 6.45) is 1.96. The second-order valence-electron chi connectivity index (χ2n) is 16.2. The summed E-state index contributed by atoms with van der Waals surface area (Å²) in [6, 6.07) is 28.1. The average Bonchev–Trinajstić information content (AvgIpc) is 3.18. The zero-order valence-electron chi connectivity index (χ0n) is 36.9. The van der Waals surface area contributed by atoms with Crippen LogP contribution in [-0.2, 0) is 18.2 Å². The smallest absolute Gasteiger partial charge is 0.389 e. The molecule has 5 nitrogen and oxygen atoms in total. The van der Waals surface area contributed by atoms with Crippen molar-refractivity contribution >= 4 is 35.4 Å². The van der Waals surface area contributed by atoms with E-state index in [-0.39, 0.29) is 23.5 Å². The molecule has 0 aliphatic heterocycles. The molecule has 5 atom stereocenters. The maximum atomic E-state index is 13.2. The Morgan fingerprint density at radius 3 is 1.62 bits per heavy atom. The van der Waals surface area contributed by atoms with Crippen LogP contribution in [0.1, 0.15) is 74.4 Å². The van der Waals surface area contributed by atoms with E-state index in [1.54, 1.807) is 43.3 Å². The van der Waals surface area contributed by atoms with Crippen molar-refractivity contribution in [3.05, 3.63) is 164 Å². The topological polar surface area (TPSA) is 67.2 Å². The van der Waals surface area contributed by atoms with Gasteiger partial charge in [-0.3, -0.25) is 0 Å².